The number of fused-ring (bicyclic) bond motifs is 4. The van der Waals surface area contributed by atoms with Gasteiger partial charge in [0.05, 0.1) is 11.4 Å². The van der Waals surface area contributed by atoms with Crippen LogP contribution < -0.4 is 4.90 Å². The van der Waals surface area contributed by atoms with Crippen LogP contribution in [0, 0.1) is 0 Å². The summed E-state index contributed by atoms with van der Waals surface area (Å²) in [6, 6.07) is 57.8. The Bertz CT molecular complexity index is 2510. The fraction of sp³-hybridized carbons (Fsp3) is 0.0435. The smallest absolute Gasteiger partial charge is 0.0555 e. The summed E-state index contributed by atoms with van der Waals surface area (Å²) < 4.78 is 2.60. The molecule has 0 N–H and O–H groups in total. The van der Waals surface area contributed by atoms with Crippen LogP contribution >= 0.6 is 11.3 Å². The maximum atomic E-state index is 2.48. The van der Waals surface area contributed by atoms with Crippen LogP contribution in [0.1, 0.15) is 18.4 Å². The first-order chi connectivity index (χ1) is 23.8. The number of thiophene rings is 1. The van der Waals surface area contributed by atoms with Gasteiger partial charge in [0, 0.05) is 31.4 Å². The van der Waals surface area contributed by atoms with Crippen molar-refractivity contribution in [1.82, 2.24) is 0 Å². The van der Waals surface area contributed by atoms with Crippen molar-refractivity contribution in [1.29, 1.82) is 0 Å². The standard InChI is InChI=1S/C46H33NS/c1-2-13-32(14-3-1)33-27-29-35(30-28-33)40-20-6-8-23-42(40)47(43-24-12-26-45-46(43)41-21-7-9-25-44(41)48-45)37-18-10-17-36(31-37)39-22-11-16-34-15-4-5-19-38(34)39/h2,4-31H,1,3H2. The third-order valence-corrected chi connectivity index (χ3v) is 10.6. The third-order valence-electron chi connectivity index (χ3n) is 9.50. The van der Waals surface area contributed by atoms with Gasteiger partial charge >= 0.3 is 0 Å². The largest absolute Gasteiger partial charge is 0.309 e. The van der Waals surface area contributed by atoms with E-state index in [0.29, 0.717) is 0 Å². The van der Waals surface area contributed by atoms with Crippen LogP contribution in [-0.2, 0) is 0 Å². The number of hydrogen-bond donors (Lipinski definition) is 0. The van der Waals surface area contributed by atoms with Crippen molar-refractivity contribution in [2.75, 3.05) is 4.90 Å². The number of nitrogens with zero attached hydrogens (tertiary/aromatic N) is 1. The lowest BCUT2D eigenvalue weighted by Crippen LogP contribution is -2.11. The molecule has 0 spiro atoms. The number of para-hydroxylation sites is 1. The Labute approximate surface area is 285 Å². The van der Waals surface area contributed by atoms with Crippen LogP contribution in [0.25, 0.3) is 58.8 Å². The Hall–Kier alpha value is -5.70. The molecular formula is C46H33NS. The lowest BCUT2D eigenvalue weighted by Gasteiger charge is -2.29. The second kappa shape index (κ2) is 12.2. The Balaban J connectivity index is 1.26. The molecule has 0 aliphatic heterocycles. The summed E-state index contributed by atoms with van der Waals surface area (Å²) in [6.07, 6.45) is 9.10. The van der Waals surface area contributed by atoms with E-state index < -0.39 is 0 Å². The Morgan fingerprint density at radius 1 is 0.479 bits per heavy atom. The van der Waals surface area contributed by atoms with Gasteiger partial charge in [-0.3, -0.25) is 0 Å². The minimum atomic E-state index is 1.10. The summed E-state index contributed by atoms with van der Waals surface area (Å²) >= 11 is 1.86. The molecule has 0 amide bonds. The molecular weight excluding hydrogens is 599 g/mol. The highest BCUT2D eigenvalue weighted by Gasteiger charge is 2.22. The highest BCUT2D eigenvalue weighted by Crippen LogP contribution is 2.48. The molecule has 2 heteroatoms. The van der Waals surface area contributed by atoms with Gasteiger partial charge in [0.2, 0.25) is 0 Å². The fourth-order valence-corrected chi connectivity index (χ4v) is 8.35. The number of benzene rings is 7. The van der Waals surface area contributed by atoms with Crippen molar-refractivity contribution in [2.24, 2.45) is 0 Å². The number of hydrogen-bond acceptors (Lipinski definition) is 2. The van der Waals surface area contributed by atoms with Crippen molar-refractivity contribution in [3.63, 3.8) is 0 Å². The highest BCUT2D eigenvalue weighted by atomic mass is 32.1. The van der Waals surface area contributed by atoms with E-state index in [-0.39, 0.29) is 0 Å². The van der Waals surface area contributed by atoms with Gasteiger partial charge < -0.3 is 4.90 Å². The monoisotopic (exact) mass is 631 g/mol. The molecule has 1 heterocycles. The van der Waals surface area contributed by atoms with Gasteiger partial charge in [-0.1, -0.05) is 140 Å². The van der Waals surface area contributed by atoms with E-state index >= 15 is 0 Å². The molecule has 9 rings (SSSR count). The Kier molecular flexibility index (Phi) is 7.22. The minimum absolute atomic E-state index is 1.10. The summed E-state index contributed by atoms with van der Waals surface area (Å²) in [4.78, 5) is 2.48. The van der Waals surface area contributed by atoms with Gasteiger partial charge in [0.25, 0.3) is 0 Å². The zero-order valence-electron chi connectivity index (χ0n) is 26.5. The maximum Gasteiger partial charge on any atom is 0.0555 e. The molecule has 7 aromatic carbocycles. The van der Waals surface area contributed by atoms with E-state index in [4.69, 9.17) is 0 Å². The zero-order chi connectivity index (χ0) is 31.9. The quantitative estimate of drug-likeness (QED) is 0.176. The first kappa shape index (κ1) is 28.5. The molecule has 228 valence electrons. The molecule has 0 radical (unpaired) electrons. The second-order valence-electron chi connectivity index (χ2n) is 12.4. The first-order valence-corrected chi connectivity index (χ1v) is 17.5. The first-order valence-electron chi connectivity index (χ1n) is 16.7. The van der Waals surface area contributed by atoms with Crippen LogP contribution in [0.2, 0.25) is 0 Å². The molecule has 0 atom stereocenters. The van der Waals surface area contributed by atoms with E-state index in [1.165, 1.54) is 70.0 Å². The predicted molar refractivity (Wildman–Crippen MR) is 209 cm³/mol. The molecule has 1 aliphatic carbocycles. The Morgan fingerprint density at radius 2 is 1.17 bits per heavy atom. The zero-order valence-corrected chi connectivity index (χ0v) is 27.3. The lowest BCUT2D eigenvalue weighted by atomic mass is 9.95. The maximum absolute atomic E-state index is 2.48. The van der Waals surface area contributed by atoms with E-state index in [1.54, 1.807) is 0 Å². The van der Waals surface area contributed by atoms with Gasteiger partial charge in [-0.2, -0.15) is 0 Å². The molecule has 0 fully saturated rings. The molecule has 1 aromatic heterocycles. The number of allylic oxidation sites excluding steroid dienone is 4. The molecule has 0 saturated carbocycles. The van der Waals surface area contributed by atoms with Gasteiger partial charge in [0.15, 0.2) is 0 Å². The highest BCUT2D eigenvalue weighted by molar-refractivity contribution is 7.26. The van der Waals surface area contributed by atoms with Crippen LogP contribution in [0.4, 0.5) is 17.1 Å². The van der Waals surface area contributed by atoms with E-state index in [0.717, 1.165) is 24.2 Å². The van der Waals surface area contributed by atoms with Crippen molar-refractivity contribution < 1.29 is 0 Å². The summed E-state index contributed by atoms with van der Waals surface area (Å²) in [5.41, 5.74) is 10.9. The number of anilines is 3. The predicted octanol–water partition coefficient (Wildman–Crippen LogP) is 13.7. The SMILES string of the molecule is C1=CC(c2ccc(-c3ccccc3N(c3cccc(-c4cccc5ccccc45)c3)c3cccc4sc5ccccc5c34)cc2)=CCC1. The van der Waals surface area contributed by atoms with Gasteiger partial charge in [-0.25, -0.2) is 0 Å². The summed E-state index contributed by atoms with van der Waals surface area (Å²) in [6.45, 7) is 0. The second-order valence-corrected chi connectivity index (χ2v) is 13.5. The molecule has 8 aromatic rings. The molecule has 0 saturated heterocycles. The van der Waals surface area contributed by atoms with Crippen LogP contribution in [0.5, 0.6) is 0 Å². The average Bonchev–Trinajstić information content (AvgIpc) is 3.55. The number of rotatable bonds is 6. The van der Waals surface area contributed by atoms with Gasteiger partial charge in [-0.15, -0.1) is 11.3 Å². The lowest BCUT2D eigenvalue weighted by molar-refractivity contribution is 1.04. The van der Waals surface area contributed by atoms with Crippen LogP contribution in [0.3, 0.4) is 0 Å². The summed E-state index contributed by atoms with van der Waals surface area (Å²) in [5.74, 6) is 0. The Morgan fingerprint density at radius 3 is 2.06 bits per heavy atom. The van der Waals surface area contributed by atoms with Crippen molar-refractivity contribution >= 4 is 64.9 Å². The van der Waals surface area contributed by atoms with E-state index in [1.807, 2.05) is 11.3 Å². The van der Waals surface area contributed by atoms with Crippen molar-refractivity contribution in [2.45, 2.75) is 12.8 Å². The normalized spacial score (nSPS) is 12.9. The average molecular weight is 632 g/mol. The van der Waals surface area contributed by atoms with E-state index in [9.17, 15) is 0 Å². The molecule has 1 nitrogen and oxygen atoms in total. The van der Waals surface area contributed by atoms with Gasteiger partial charge in [-0.05, 0) is 87.8 Å². The minimum Gasteiger partial charge on any atom is -0.309 e. The molecule has 1 aliphatic rings. The van der Waals surface area contributed by atoms with Crippen LogP contribution in [-0.4, -0.2) is 0 Å². The summed E-state index contributed by atoms with van der Waals surface area (Å²) in [5, 5.41) is 5.09. The topological polar surface area (TPSA) is 3.24 Å². The van der Waals surface area contributed by atoms with E-state index in [2.05, 4.69) is 181 Å². The third kappa shape index (κ3) is 5.02. The van der Waals surface area contributed by atoms with Crippen LogP contribution in [0.15, 0.2) is 176 Å². The molecule has 0 bridgehead atoms. The van der Waals surface area contributed by atoms with Crippen molar-refractivity contribution in [3.05, 3.63) is 182 Å². The molecule has 48 heavy (non-hydrogen) atoms. The van der Waals surface area contributed by atoms with Crippen molar-refractivity contribution in [3.8, 4) is 22.3 Å². The summed E-state index contributed by atoms with van der Waals surface area (Å²) in [7, 11) is 0. The van der Waals surface area contributed by atoms with Gasteiger partial charge in [0.1, 0.15) is 0 Å². The molecule has 0 unspecified atom stereocenters. The fourth-order valence-electron chi connectivity index (χ4n) is 7.22.